The molecule has 1 atom stereocenters. The van der Waals surface area contributed by atoms with Gasteiger partial charge in [0.1, 0.15) is 0 Å². The van der Waals surface area contributed by atoms with E-state index in [0.29, 0.717) is 12.6 Å². The molecule has 0 spiro atoms. The van der Waals surface area contributed by atoms with Crippen molar-refractivity contribution in [2.45, 2.75) is 32.0 Å². The van der Waals surface area contributed by atoms with Crippen LogP contribution in [-0.2, 0) is 17.9 Å². The number of piperidine rings is 1. The monoisotopic (exact) mass is 298 g/mol. The van der Waals surface area contributed by atoms with Gasteiger partial charge in [0.15, 0.2) is 5.13 Å². The van der Waals surface area contributed by atoms with Crippen LogP contribution < -0.4 is 10.2 Å². The molecule has 20 heavy (non-hydrogen) atoms. The molecule has 0 bridgehead atoms. The number of rotatable bonds is 6. The van der Waals surface area contributed by atoms with Crippen LogP contribution in [-0.4, -0.2) is 57.3 Å². The van der Waals surface area contributed by atoms with Gasteiger partial charge in [0.25, 0.3) is 0 Å². The fraction of sp³-hybridized carbons (Fsp3) is 0.786. The summed E-state index contributed by atoms with van der Waals surface area (Å²) in [6.45, 7) is 3.78. The Bertz CT molecular complexity index is 400. The number of aromatic nitrogens is 1. The van der Waals surface area contributed by atoms with E-state index in [1.165, 1.54) is 24.3 Å². The summed E-state index contributed by atoms with van der Waals surface area (Å²) in [5.41, 5.74) is 1.07. The Morgan fingerprint density at radius 2 is 2.35 bits per heavy atom. The fourth-order valence-corrected chi connectivity index (χ4v) is 3.79. The average molecular weight is 298 g/mol. The highest BCUT2D eigenvalue weighted by molar-refractivity contribution is 7.15. The quantitative estimate of drug-likeness (QED) is 0.863. The Labute approximate surface area is 125 Å². The standard InChI is InChI=1S/C14H26N4OS/c1-15-8-13-12(10-19-4)16-14(20-13)18(3)11-6-5-7-17(2)9-11/h11,15H,5-10H2,1-4H3. The van der Waals surface area contributed by atoms with Gasteiger partial charge in [-0.3, -0.25) is 0 Å². The van der Waals surface area contributed by atoms with E-state index in [1.54, 1.807) is 18.4 Å². The zero-order chi connectivity index (χ0) is 14.5. The van der Waals surface area contributed by atoms with E-state index in [2.05, 4.69) is 29.2 Å². The van der Waals surface area contributed by atoms with Crippen LogP contribution in [0.25, 0.3) is 0 Å². The van der Waals surface area contributed by atoms with Crippen LogP contribution in [0.4, 0.5) is 5.13 Å². The largest absolute Gasteiger partial charge is 0.378 e. The van der Waals surface area contributed by atoms with Crippen LogP contribution in [0.2, 0.25) is 0 Å². The third-order valence-corrected chi connectivity index (χ3v) is 5.02. The van der Waals surface area contributed by atoms with Gasteiger partial charge in [0, 0.05) is 38.2 Å². The first-order chi connectivity index (χ1) is 9.65. The molecule has 0 aromatic carbocycles. The molecular weight excluding hydrogens is 272 g/mol. The number of thiazole rings is 1. The Morgan fingerprint density at radius 1 is 1.55 bits per heavy atom. The molecule has 2 rings (SSSR count). The van der Waals surface area contributed by atoms with Crippen molar-refractivity contribution < 1.29 is 4.74 Å². The van der Waals surface area contributed by atoms with Crippen molar-refractivity contribution >= 4 is 16.5 Å². The van der Waals surface area contributed by atoms with Crippen molar-refractivity contribution in [3.63, 3.8) is 0 Å². The predicted molar refractivity (Wildman–Crippen MR) is 84.5 cm³/mol. The summed E-state index contributed by atoms with van der Waals surface area (Å²) in [5.74, 6) is 0. The van der Waals surface area contributed by atoms with E-state index in [9.17, 15) is 0 Å². The van der Waals surface area contributed by atoms with E-state index < -0.39 is 0 Å². The summed E-state index contributed by atoms with van der Waals surface area (Å²) in [7, 11) is 8.06. The molecule has 1 aromatic heterocycles. The summed E-state index contributed by atoms with van der Waals surface area (Å²) in [4.78, 5) is 10.8. The van der Waals surface area contributed by atoms with Gasteiger partial charge in [-0.25, -0.2) is 4.98 Å². The number of likely N-dealkylation sites (tertiary alicyclic amines) is 1. The van der Waals surface area contributed by atoms with E-state index >= 15 is 0 Å². The van der Waals surface area contributed by atoms with Gasteiger partial charge in [-0.15, -0.1) is 11.3 Å². The van der Waals surface area contributed by atoms with Gasteiger partial charge >= 0.3 is 0 Å². The maximum absolute atomic E-state index is 5.26. The second-order valence-electron chi connectivity index (χ2n) is 5.50. The molecule has 0 radical (unpaired) electrons. The summed E-state index contributed by atoms with van der Waals surface area (Å²) in [6, 6.07) is 0.567. The normalized spacial score (nSPS) is 20.3. The minimum absolute atomic E-state index is 0.567. The van der Waals surface area contributed by atoms with Crippen LogP contribution in [0.5, 0.6) is 0 Å². The highest BCUT2D eigenvalue weighted by Gasteiger charge is 2.24. The molecule has 114 valence electrons. The first kappa shape index (κ1) is 15.7. The van der Waals surface area contributed by atoms with Crippen molar-refractivity contribution in [3.8, 4) is 0 Å². The highest BCUT2D eigenvalue weighted by atomic mass is 32.1. The van der Waals surface area contributed by atoms with E-state index in [-0.39, 0.29) is 0 Å². The Balaban J connectivity index is 2.12. The van der Waals surface area contributed by atoms with E-state index in [1.807, 2.05) is 7.05 Å². The smallest absolute Gasteiger partial charge is 0.185 e. The number of anilines is 1. The summed E-state index contributed by atoms with van der Waals surface area (Å²) in [5, 5.41) is 4.32. The second-order valence-corrected chi connectivity index (χ2v) is 6.56. The van der Waals surface area contributed by atoms with Gasteiger partial charge < -0.3 is 19.9 Å². The molecule has 0 amide bonds. The Hall–Kier alpha value is -0.690. The number of nitrogens with zero attached hydrogens (tertiary/aromatic N) is 3. The minimum atomic E-state index is 0.567. The third kappa shape index (κ3) is 3.69. The molecule has 5 nitrogen and oxygen atoms in total. The molecule has 1 saturated heterocycles. The molecule has 1 unspecified atom stereocenters. The molecule has 0 aliphatic carbocycles. The van der Waals surface area contributed by atoms with Crippen LogP contribution in [0.15, 0.2) is 0 Å². The first-order valence-corrected chi connectivity index (χ1v) is 8.00. The number of ether oxygens (including phenoxy) is 1. The van der Waals surface area contributed by atoms with Crippen molar-refractivity contribution in [1.29, 1.82) is 0 Å². The summed E-state index contributed by atoms with van der Waals surface area (Å²) in [6.07, 6.45) is 2.52. The molecule has 1 N–H and O–H groups in total. The lowest BCUT2D eigenvalue weighted by Crippen LogP contribution is -2.45. The van der Waals surface area contributed by atoms with E-state index in [0.717, 1.165) is 23.9 Å². The summed E-state index contributed by atoms with van der Waals surface area (Å²) >= 11 is 1.78. The second kappa shape index (κ2) is 7.36. The molecule has 0 saturated carbocycles. The first-order valence-electron chi connectivity index (χ1n) is 7.19. The molecule has 2 heterocycles. The molecule has 1 fully saturated rings. The van der Waals surface area contributed by atoms with Crippen LogP contribution >= 0.6 is 11.3 Å². The summed E-state index contributed by atoms with van der Waals surface area (Å²) < 4.78 is 5.26. The molecule has 6 heteroatoms. The van der Waals surface area contributed by atoms with E-state index in [4.69, 9.17) is 9.72 Å². The number of hydrogen-bond acceptors (Lipinski definition) is 6. The predicted octanol–water partition coefficient (Wildman–Crippen LogP) is 1.54. The van der Waals surface area contributed by atoms with Crippen LogP contribution in [0, 0.1) is 0 Å². The minimum Gasteiger partial charge on any atom is -0.378 e. The van der Waals surface area contributed by atoms with Gasteiger partial charge in [0.2, 0.25) is 0 Å². The van der Waals surface area contributed by atoms with Gasteiger partial charge in [-0.05, 0) is 33.5 Å². The molecule has 1 aromatic rings. The number of hydrogen-bond donors (Lipinski definition) is 1. The lowest BCUT2D eigenvalue weighted by Gasteiger charge is -2.35. The van der Waals surface area contributed by atoms with Crippen molar-refractivity contribution in [2.75, 3.05) is 46.2 Å². The number of nitrogens with one attached hydrogen (secondary N) is 1. The topological polar surface area (TPSA) is 40.6 Å². The van der Waals surface area contributed by atoms with Gasteiger partial charge in [-0.1, -0.05) is 0 Å². The highest BCUT2D eigenvalue weighted by Crippen LogP contribution is 2.29. The van der Waals surface area contributed by atoms with Crippen molar-refractivity contribution in [1.82, 2.24) is 15.2 Å². The average Bonchev–Trinajstić information content (AvgIpc) is 2.82. The maximum Gasteiger partial charge on any atom is 0.185 e. The maximum atomic E-state index is 5.26. The van der Waals surface area contributed by atoms with Gasteiger partial charge in [0.05, 0.1) is 12.3 Å². The van der Waals surface area contributed by atoms with Crippen LogP contribution in [0.3, 0.4) is 0 Å². The zero-order valence-corrected chi connectivity index (χ0v) is 13.8. The van der Waals surface area contributed by atoms with Gasteiger partial charge in [-0.2, -0.15) is 0 Å². The van der Waals surface area contributed by atoms with Crippen LogP contribution in [0.1, 0.15) is 23.4 Å². The Morgan fingerprint density at radius 3 is 3.00 bits per heavy atom. The van der Waals surface area contributed by atoms with Crippen molar-refractivity contribution in [2.24, 2.45) is 0 Å². The molecular formula is C14H26N4OS. The number of likely N-dealkylation sites (N-methyl/N-ethyl adjacent to an activating group) is 2. The number of methoxy groups -OCH3 is 1. The zero-order valence-electron chi connectivity index (χ0n) is 13.0. The molecule has 1 aliphatic rings. The fourth-order valence-electron chi connectivity index (χ4n) is 2.68. The molecule has 1 aliphatic heterocycles. The SMILES string of the molecule is CNCc1sc(N(C)C2CCCN(C)C2)nc1COC. The third-order valence-electron chi connectivity index (χ3n) is 3.83. The Kier molecular flexibility index (Phi) is 5.77. The lowest BCUT2D eigenvalue weighted by atomic mass is 10.1. The van der Waals surface area contributed by atoms with Crippen molar-refractivity contribution in [3.05, 3.63) is 10.6 Å². The lowest BCUT2D eigenvalue weighted by molar-refractivity contribution is 0.181.